The van der Waals surface area contributed by atoms with Crippen LogP contribution in [0.25, 0.3) is 109 Å². The normalized spacial score (nSPS) is 11.6. The van der Waals surface area contributed by atoms with Crippen LogP contribution in [-0.2, 0) is 0 Å². The Bertz CT molecular complexity index is 3200. The smallest absolute Gasteiger partial charge is 0.164 e. The summed E-state index contributed by atoms with van der Waals surface area (Å²) in [5, 5.41) is 9.95. The lowest BCUT2D eigenvalue weighted by Gasteiger charge is -2.13. The maximum atomic E-state index is 5.17. The summed E-state index contributed by atoms with van der Waals surface area (Å²) in [4.78, 5) is 15.4. The van der Waals surface area contributed by atoms with Crippen LogP contribution < -0.4 is 0 Å². The zero-order valence-electron chi connectivity index (χ0n) is 29.6. The molecule has 0 aliphatic rings. The molecular weight excluding hydrogens is 687 g/mol. The average Bonchev–Trinajstić information content (AvgIpc) is 3.66. The number of hydrogen-bond donors (Lipinski definition) is 0. The van der Waals surface area contributed by atoms with Crippen molar-refractivity contribution in [3.63, 3.8) is 0 Å². The third kappa shape index (κ3) is 5.38. The second-order valence-electron chi connectivity index (χ2n) is 14.0. The molecule has 0 N–H and O–H groups in total. The number of rotatable bonds is 5. The fourth-order valence-corrected chi connectivity index (χ4v) is 9.26. The molecule has 0 radical (unpaired) electrons. The molecule has 9 aromatic carbocycles. The predicted molar refractivity (Wildman–Crippen MR) is 232 cm³/mol. The summed E-state index contributed by atoms with van der Waals surface area (Å²) < 4.78 is 2.61. The quantitative estimate of drug-likeness (QED) is 0.166. The van der Waals surface area contributed by atoms with Crippen molar-refractivity contribution in [1.82, 2.24) is 15.0 Å². The highest BCUT2D eigenvalue weighted by Crippen LogP contribution is 2.41. The van der Waals surface area contributed by atoms with Gasteiger partial charge in [0.05, 0.1) is 0 Å². The van der Waals surface area contributed by atoms with Gasteiger partial charge in [-0.05, 0) is 66.7 Å². The van der Waals surface area contributed by atoms with E-state index in [9.17, 15) is 0 Å². The Morgan fingerprint density at radius 1 is 0.273 bits per heavy atom. The highest BCUT2D eigenvalue weighted by atomic mass is 32.1. The van der Waals surface area contributed by atoms with Gasteiger partial charge in [-0.15, -0.1) is 11.3 Å². The first-order valence-corrected chi connectivity index (χ1v) is 19.3. The Balaban J connectivity index is 1.06. The molecular formula is C51H31N3S. The van der Waals surface area contributed by atoms with Crippen LogP contribution in [0.5, 0.6) is 0 Å². The van der Waals surface area contributed by atoms with E-state index in [0.29, 0.717) is 17.5 Å². The van der Waals surface area contributed by atoms with E-state index < -0.39 is 0 Å². The summed E-state index contributed by atoms with van der Waals surface area (Å²) in [6, 6.07) is 66.8. The van der Waals surface area contributed by atoms with Crippen LogP contribution in [-0.4, -0.2) is 15.0 Å². The SMILES string of the molecule is c1ccc(-c2ccc(-c3nc(-c4ccc(-c5cccc6c5sc5ccccc56)cc4)nc(-c4ccc5c6ccccc6c6ccccc6c5c4)n3)cc2)cc1. The van der Waals surface area contributed by atoms with Crippen molar-refractivity contribution in [2.24, 2.45) is 0 Å². The molecule has 2 heterocycles. The molecule has 55 heavy (non-hydrogen) atoms. The third-order valence-electron chi connectivity index (χ3n) is 10.7. The van der Waals surface area contributed by atoms with Gasteiger partial charge in [0.25, 0.3) is 0 Å². The highest BCUT2D eigenvalue weighted by molar-refractivity contribution is 7.26. The summed E-state index contributed by atoms with van der Waals surface area (Å²) in [6.45, 7) is 0. The topological polar surface area (TPSA) is 38.7 Å². The molecule has 0 saturated heterocycles. The van der Waals surface area contributed by atoms with E-state index in [0.717, 1.165) is 22.3 Å². The second kappa shape index (κ2) is 12.8. The summed E-state index contributed by atoms with van der Waals surface area (Å²) in [7, 11) is 0. The van der Waals surface area contributed by atoms with Gasteiger partial charge in [0, 0.05) is 36.9 Å². The fraction of sp³-hybridized carbons (Fsp3) is 0. The van der Waals surface area contributed by atoms with E-state index in [1.54, 1.807) is 0 Å². The van der Waals surface area contributed by atoms with Crippen molar-refractivity contribution in [3.8, 4) is 56.4 Å². The van der Waals surface area contributed by atoms with Gasteiger partial charge >= 0.3 is 0 Å². The molecule has 0 amide bonds. The minimum Gasteiger partial charge on any atom is -0.208 e. The molecule has 0 unspecified atom stereocenters. The summed E-state index contributed by atoms with van der Waals surface area (Å²) >= 11 is 1.85. The van der Waals surface area contributed by atoms with Crippen LogP contribution in [0.15, 0.2) is 188 Å². The number of aromatic nitrogens is 3. The zero-order valence-corrected chi connectivity index (χ0v) is 30.5. The molecule has 0 spiro atoms. The van der Waals surface area contributed by atoms with E-state index in [-0.39, 0.29) is 0 Å². The highest BCUT2D eigenvalue weighted by Gasteiger charge is 2.16. The first kappa shape index (κ1) is 31.5. The molecule has 4 heteroatoms. The van der Waals surface area contributed by atoms with Gasteiger partial charge in [-0.1, -0.05) is 176 Å². The number of thiophene rings is 1. The summed E-state index contributed by atoms with van der Waals surface area (Å²) in [6.07, 6.45) is 0. The zero-order chi connectivity index (χ0) is 36.3. The molecule has 0 atom stereocenters. The Morgan fingerprint density at radius 2 is 0.709 bits per heavy atom. The van der Waals surface area contributed by atoms with Crippen molar-refractivity contribution < 1.29 is 0 Å². The van der Waals surface area contributed by atoms with E-state index in [1.165, 1.54) is 69.2 Å². The molecule has 2 aromatic heterocycles. The molecule has 0 saturated carbocycles. The van der Waals surface area contributed by atoms with Crippen molar-refractivity contribution in [2.45, 2.75) is 0 Å². The molecule has 11 aromatic rings. The van der Waals surface area contributed by atoms with Gasteiger partial charge in [0.1, 0.15) is 0 Å². The van der Waals surface area contributed by atoms with Gasteiger partial charge in [0.2, 0.25) is 0 Å². The molecule has 11 rings (SSSR count). The lowest BCUT2D eigenvalue weighted by molar-refractivity contribution is 1.07. The molecule has 256 valence electrons. The van der Waals surface area contributed by atoms with E-state index in [2.05, 4.69) is 182 Å². The van der Waals surface area contributed by atoms with Crippen molar-refractivity contribution in [3.05, 3.63) is 188 Å². The molecule has 3 nitrogen and oxygen atoms in total. The van der Waals surface area contributed by atoms with Crippen molar-refractivity contribution in [2.75, 3.05) is 0 Å². The van der Waals surface area contributed by atoms with Crippen LogP contribution in [0, 0.1) is 0 Å². The predicted octanol–water partition coefficient (Wildman–Crippen LogP) is 14.0. The average molecular weight is 718 g/mol. The van der Waals surface area contributed by atoms with E-state index in [4.69, 9.17) is 15.0 Å². The molecule has 0 aliphatic heterocycles. The fourth-order valence-electron chi connectivity index (χ4n) is 8.03. The lowest BCUT2D eigenvalue weighted by Crippen LogP contribution is -2.00. The maximum absolute atomic E-state index is 5.17. The minimum atomic E-state index is 0.641. The summed E-state index contributed by atoms with van der Waals surface area (Å²) in [5.41, 5.74) is 7.55. The second-order valence-corrected chi connectivity index (χ2v) is 15.0. The molecule has 0 aliphatic carbocycles. The number of benzene rings is 9. The van der Waals surface area contributed by atoms with Crippen LogP contribution in [0.1, 0.15) is 0 Å². The third-order valence-corrected chi connectivity index (χ3v) is 12.0. The Kier molecular flexibility index (Phi) is 7.35. The van der Waals surface area contributed by atoms with Crippen LogP contribution in [0.3, 0.4) is 0 Å². The first-order valence-electron chi connectivity index (χ1n) is 18.5. The van der Waals surface area contributed by atoms with E-state index in [1.807, 2.05) is 17.4 Å². The largest absolute Gasteiger partial charge is 0.208 e. The van der Waals surface area contributed by atoms with Crippen LogP contribution >= 0.6 is 11.3 Å². The van der Waals surface area contributed by atoms with Gasteiger partial charge < -0.3 is 0 Å². The number of fused-ring (bicyclic) bond motifs is 9. The van der Waals surface area contributed by atoms with Crippen molar-refractivity contribution in [1.29, 1.82) is 0 Å². The molecule has 0 fully saturated rings. The van der Waals surface area contributed by atoms with Crippen LogP contribution in [0.2, 0.25) is 0 Å². The number of hydrogen-bond acceptors (Lipinski definition) is 4. The first-order chi connectivity index (χ1) is 27.2. The van der Waals surface area contributed by atoms with Crippen molar-refractivity contribution >= 4 is 63.8 Å². The van der Waals surface area contributed by atoms with Gasteiger partial charge in [-0.25, -0.2) is 15.0 Å². The Labute approximate surface area is 321 Å². The Morgan fingerprint density at radius 3 is 1.35 bits per heavy atom. The Hall–Kier alpha value is -7.01. The van der Waals surface area contributed by atoms with Crippen LogP contribution in [0.4, 0.5) is 0 Å². The summed E-state index contributed by atoms with van der Waals surface area (Å²) in [5.74, 6) is 1.93. The standard InChI is InChI=1S/C51H31N3S/c1-2-11-32(12-3-1)33-21-25-35(26-22-33)49-52-50(36-27-23-34(24-28-36)38-18-10-19-45-44-17-8-9-20-47(44)55-48(38)45)54-51(53-49)37-29-30-43-41-15-5-4-13-39(41)40-14-6-7-16-42(40)46(43)31-37/h1-31H. The lowest BCUT2D eigenvalue weighted by atomic mass is 9.93. The number of nitrogens with zero attached hydrogens (tertiary/aromatic N) is 3. The monoisotopic (exact) mass is 717 g/mol. The van der Waals surface area contributed by atoms with E-state index >= 15 is 0 Å². The minimum absolute atomic E-state index is 0.641. The van der Waals surface area contributed by atoms with Gasteiger partial charge in [-0.2, -0.15) is 0 Å². The molecule has 0 bridgehead atoms. The van der Waals surface area contributed by atoms with Gasteiger partial charge in [0.15, 0.2) is 17.5 Å². The van der Waals surface area contributed by atoms with Gasteiger partial charge in [-0.3, -0.25) is 0 Å². The maximum Gasteiger partial charge on any atom is 0.164 e.